The Morgan fingerprint density at radius 3 is 2.38 bits per heavy atom. The minimum atomic E-state index is 1.16. The summed E-state index contributed by atoms with van der Waals surface area (Å²) in [4.78, 5) is 0. The van der Waals surface area contributed by atoms with E-state index >= 15 is 0 Å². The van der Waals surface area contributed by atoms with Crippen LogP contribution in [0.25, 0.3) is 43.4 Å². The number of hydrogen-bond acceptors (Lipinski definition) is 0. The lowest BCUT2D eigenvalue weighted by molar-refractivity contribution is 1.68. The Morgan fingerprint density at radius 1 is 0.583 bits per heavy atom. The van der Waals surface area contributed by atoms with Gasteiger partial charge in [-0.25, -0.2) is 0 Å². The smallest absolute Gasteiger partial charge is 0.00268 e. The van der Waals surface area contributed by atoms with Gasteiger partial charge in [-0.3, -0.25) is 0 Å². The molecule has 0 heterocycles. The van der Waals surface area contributed by atoms with Crippen LogP contribution in [-0.4, -0.2) is 0 Å². The Kier molecular flexibility index (Phi) is 2.89. The van der Waals surface area contributed by atoms with Crippen LogP contribution in [0.4, 0.5) is 0 Å². The van der Waals surface area contributed by atoms with Gasteiger partial charge in [-0.05, 0) is 55.6 Å². The number of rotatable bonds is 1. The molecule has 0 N–H and O–H groups in total. The van der Waals surface area contributed by atoms with Gasteiger partial charge in [-0.15, -0.1) is 0 Å². The van der Waals surface area contributed by atoms with Crippen LogP contribution in [0.5, 0.6) is 0 Å². The van der Waals surface area contributed by atoms with Crippen molar-refractivity contribution in [3.8, 4) is 11.1 Å². The van der Waals surface area contributed by atoms with Crippen LogP contribution in [0, 0.1) is 6.07 Å². The summed E-state index contributed by atoms with van der Waals surface area (Å²) in [6, 6.07) is 35.7. The first-order valence-electron chi connectivity index (χ1n) is 8.21. The maximum atomic E-state index is 3.35. The standard InChI is InChI=1S/C24H15/c1-2-8-20-16-21(15-12-17(20)6-1)23-11-5-9-19-14-13-18-7-3-4-10-22(18)24(19)23/h1-7,9-16H. The van der Waals surface area contributed by atoms with Crippen molar-refractivity contribution in [3.63, 3.8) is 0 Å². The molecular weight excluding hydrogens is 288 g/mol. The molecule has 0 unspecified atom stereocenters. The molecular formula is C24H15. The van der Waals surface area contributed by atoms with Crippen LogP contribution in [0.3, 0.4) is 0 Å². The van der Waals surface area contributed by atoms with Crippen molar-refractivity contribution in [1.29, 1.82) is 0 Å². The molecule has 0 aliphatic heterocycles. The summed E-state index contributed by atoms with van der Waals surface area (Å²) in [7, 11) is 0. The summed E-state index contributed by atoms with van der Waals surface area (Å²) in [5.41, 5.74) is 2.52. The van der Waals surface area contributed by atoms with E-state index in [-0.39, 0.29) is 0 Å². The van der Waals surface area contributed by atoms with E-state index in [1.165, 1.54) is 38.1 Å². The van der Waals surface area contributed by atoms with Gasteiger partial charge in [0, 0.05) is 0 Å². The van der Waals surface area contributed by atoms with Crippen LogP contribution in [-0.2, 0) is 0 Å². The number of benzene rings is 5. The molecule has 0 fully saturated rings. The summed E-state index contributed by atoms with van der Waals surface area (Å²) >= 11 is 0. The quantitative estimate of drug-likeness (QED) is 0.305. The van der Waals surface area contributed by atoms with E-state index in [9.17, 15) is 0 Å². The monoisotopic (exact) mass is 303 g/mol. The van der Waals surface area contributed by atoms with Crippen molar-refractivity contribution in [2.45, 2.75) is 0 Å². The van der Waals surface area contributed by atoms with Crippen molar-refractivity contribution >= 4 is 32.3 Å². The van der Waals surface area contributed by atoms with Gasteiger partial charge in [0.2, 0.25) is 0 Å². The molecule has 111 valence electrons. The zero-order valence-corrected chi connectivity index (χ0v) is 13.2. The van der Waals surface area contributed by atoms with Crippen molar-refractivity contribution in [1.82, 2.24) is 0 Å². The maximum absolute atomic E-state index is 3.35. The van der Waals surface area contributed by atoms with Crippen LogP contribution < -0.4 is 0 Å². The highest BCUT2D eigenvalue weighted by atomic mass is 14.1. The third-order valence-electron chi connectivity index (χ3n) is 4.74. The van der Waals surface area contributed by atoms with E-state index in [0.29, 0.717) is 0 Å². The Hall–Kier alpha value is -3.12. The van der Waals surface area contributed by atoms with Gasteiger partial charge < -0.3 is 0 Å². The zero-order chi connectivity index (χ0) is 15.9. The minimum Gasteiger partial charge on any atom is -0.0616 e. The van der Waals surface area contributed by atoms with Crippen molar-refractivity contribution in [2.24, 2.45) is 0 Å². The second-order valence-corrected chi connectivity index (χ2v) is 6.16. The molecule has 1 radical (unpaired) electrons. The molecule has 0 amide bonds. The Bertz CT molecular complexity index is 1200. The maximum Gasteiger partial charge on any atom is -0.00268 e. The first kappa shape index (κ1) is 13.3. The fourth-order valence-electron chi connectivity index (χ4n) is 3.58. The molecule has 0 spiro atoms. The molecule has 0 aliphatic carbocycles. The Balaban J connectivity index is 1.89. The zero-order valence-electron chi connectivity index (χ0n) is 13.2. The molecule has 5 rings (SSSR count). The van der Waals surface area contributed by atoms with Gasteiger partial charge in [-0.2, -0.15) is 0 Å². The van der Waals surface area contributed by atoms with Crippen LogP contribution >= 0.6 is 0 Å². The lowest BCUT2D eigenvalue weighted by Crippen LogP contribution is -1.84. The lowest BCUT2D eigenvalue weighted by Gasteiger charge is -2.11. The molecule has 5 aromatic rings. The predicted octanol–water partition coefficient (Wildman–Crippen LogP) is 6.61. The highest BCUT2D eigenvalue weighted by Crippen LogP contribution is 2.35. The molecule has 0 nitrogen and oxygen atoms in total. The van der Waals surface area contributed by atoms with Gasteiger partial charge in [0.05, 0.1) is 0 Å². The van der Waals surface area contributed by atoms with Gasteiger partial charge in [-0.1, -0.05) is 84.9 Å². The third-order valence-corrected chi connectivity index (χ3v) is 4.74. The van der Waals surface area contributed by atoms with Crippen molar-refractivity contribution in [2.75, 3.05) is 0 Å². The highest BCUT2D eigenvalue weighted by molar-refractivity contribution is 6.14. The molecule has 0 saturated carbocycles. The molecule has 0 saturated heterocycles. The topological polar surface area (TPSA) is 0 Å². The van der Waals surface area contributed by atoms with E-state index in [0.717, 1.165) is 5.39 Å². The summed E-state index contributed by atoms with van der Waals surface area (Å²) < 4.78 is 0. The highest BCUT2D eigenvalue weighted by Gasteiger charge is 2.08. The second kappa shape index (κ2) is 5.21. The molecule has 0 aromatic heterocycles. The normalized spacial score (nSPS) is 11.3. The van der Waals surface area contributed by atoms with Crippen LogP contribution in [0.15, 0.2) is 91.0 Å². The van der Waals surface area contributed by atoms with E-state index in [1.807, 2.05) is 12.1 Å². The lowest BCUT2D eigenvalue weighted by atomic mass is 9.93. The third kappa shape index (κ3) is 2.00. The second-order valence-electron chi connectivity index (χ2n) is 6.16. The summed E-state index contributed by atoms with van der Waals surface area (Å²) in [6.45, 7) is 0. The molecule has 0 aliphatic rings. The van der Waals surface area contributed by atoms with E-state index < -0.39 is 0 Å². The summed E-state index contributed by atoms with van der Waals surface area (Å²) in [5, 5.41) is 7.58. The van der Waals surface area contributed by atoms with Crippen LogP contribution in [0.2, 0.25) is 0 Å². The van der Waals surface area contributed by atoms with Gasteiger partial charge >= 0.3 is 0 Å². The minimum absolute atomic E-state index is 1.16. The number of hydrogen-bond donors (Lipinski definition) is 0. The van der Waals surface area contributed by atoms with E-state index in [1.54, 1.807) is 0 Å². The fourth-order valence-corrected chi connectivity index (χ4v) is 3.58. The fraction of sp³-hybridized carbons (Fsp3) is 0. The van der Waals surface area contributed by atoms with Crippen molar-refractivity contribution < 1.29 is 0 Å². The van der Waals surface area contributed by atoms with Gasteiger partial charge in [0.1, 0.15) is 0 Å². The SMILES string of the molecule is [c]1cccc2ccc(-c3cccc4ccc5ccccc5c34)cc12. The Labute approximate surface area is 141 Å². The Morgan fingerprint density at radius 2 is 1.38 bits per heavy atom. The van der Waals surface area contributed by atoms with Gasteiger partial charge in [0.15, 0.2) is 0 Å². The average Bonchev–Trinajstić information content (AvgIpc) is 2.67. The average molecular weight is 303 g/mol. The van der Waals surface area contributed by atoms with E-state index in [2.05, 4.69) is 84.9 Å². The first-order chi connectivity index (χ1) is 11.9. The van der Waals surface area contributed by atoms with Crippen LogP contribution in [0.1, 0.15) is 0 Å². The predicted molar refractivity (Wildman–Crippen MR) is 103 cm³/mol. The molecule has 0 atom stereocenters. The molecule has 24 heavy (non-hydrogen) atoms. The van der Waals surface area contributed by atoms with E-state index in [4.69, 9.17) is 0 Å². The largest absolute Gasteiger partial charge is 0.0616 e. The molecule has 0 heteroatoms. The summed E-state index contributed by atoms with van der Waals surface area (Å²) in [5.74, 6) is 0. The van der Waals surface area contributed by atoms with Crippen molar-refractivity contribution in [3.05, 3.63) is 97.1 Å². The molecule has 5 aromatic carbocycles. The van der Waals surface area contributed by atoms with Gasteiger partial charge in [0.25, 0.3) is 0 Å². The summed E-state index contributed by atoms with van der Waals surface area (Å²) in [6.07, 6.45) is 0. The first-order valence-corrected chi connectivity index (χ1v) is 8.21. The molecule has 0 bridgehead atoms. The number of fused-ring (bicyclic) bond motifs is 4.